The lowest BCUT2D eigenvalue weighted by Gasteiger charge is -2.39. The number of rotatable bonds is 14. The number of aliphatic hydroxyl groups excluding tert-OH is 3. The van der Waals surface area contributed by atoms with Gasteiger partial charge in [0.25, 0.3) is 11.8 Å². The molecule has 274 valence electrons. The Kier molecular flexibility index (Phi) is 13.6. The van der Waals surface area contributed by atoms with Crippen molar-refractivity contribution in [3.8, 4) is 0 Å². The molecule has 0 unspecified atom stereocenters. The largest absolute Gasteiger partial charge is 0.479 e. The Morgan fingerprint density at radius 1 is 0.920 bits per heavy atom. The molecule has 3 rings (SSSR count). The molecule has 0 saturated carbocycles. The third-order valence-electron chi connectivity index (χ3n) is 8.06. The summed E-state index contributed by atoms with van der Waals surface area (Å²) in [7, 11) is 2.99. The van der Waals surface area contributed by atoms with Crippen molar-refractivity contribution < 1.29 is 63.5 Å². The van der Waals surface area contributed by atoms with Gasteiger partial charge in [-0.2, -0.15) is 0 Å². The van der Waals surface area contributed by atoms with Gasteiger partial charge in [0.05, 0.1) is 6.10 Å². The van der Waals surface area contributed by atoms with Gasteiger partial charge >= 0.3 is 12.1 Å². The zero-order valence-corrected chi connectivity index (χ0v) is 28.2. The van der Waals surface area contributed by atoms with E-state index in [0.29, 0.717) is 11.1 Å². The fourth-order valence-electron chi connectivity index (χ4n) is 5.14. The van der Waals surface area contributed by atoms with Gasteiger partial charge < -0.3 is 50.8 Å². The summed E-state index contributed by atoms with van der Waals surface area (Å²) in [5, 5.41) is 47.7. The van der Waals surface area contributed by atoms with E-state index in [1.165, 1.54) is 32.0 Å². The highest BCUT2D eigenvalue weighted by atomic mass is 16.6. The molecule has 1 fully saturated rings. The van der Waals surface area contributed by atoms with Gasteiger partial charge in [-0.3, -0.25) is 28.9 Å². The zero-order chi connectivity index (χ0) is 37.4. The van der Waals surface area contributed by atoms with E-state index in [4.69, 9.17) is 9.47 Å². The van der Waals surface area contributed by atoms with Gasteiger partial charge in [-0.05, 0) is 48.9 Å². The fourth-order valence-corrected chi connectivity index (χ4v) is 5.14. The lowest BCUT2D eigenvalue weighted by molar-refractivity contribution is -0.228. The zero-order valence-electron chi connectivity index (χ0n) is 28.2. The van der Waals surface area contributed by atoms with Gasteiger partial charge in [0.2, 0.25) is 17.7 Å². The van der Waals surface area contributed by atoms with E-state index < -0.39 is 96.7 Å². The van der Waals surface area contributed by atoms with Gasteiger partial charge in [0.15, 0.2) is 6.10 Å². The minimum atomic E-state index is -1.85. The molecule has 1 aromatic rings. The number of carbonyl (C=O) groups excluding carboxylic acids is 6. The molecule has 1 aromatic carbocycles. The SMILES string of the molecule is CC(C)[C@H](NC(=O)CN1C(=O)C=CC1=O)C(=O)N[C@@H](C)C(=O)Nc1ccc(COC(=O)N(C)C)c(CC[C@@H]2O[C@H](C(=O)O)[C@@H](O)[C@H](O)[C@H]2O)c1. The number of aliphatic carboxylic acids is 1. The number of hydrogen-bond donors (Lipinski definition) is 7. The molecule has 0 radical (unpaired) electrons. The Labute approximate surface area is 287 Å². The Morgan fingerprint density at radius 2 is 1.56 bits per heavy atom. The number of anilines is 1. The second-order valence-corrected chi connectivity index (χ2v) is 12.5. The lowest BCUT2D eigenvalue weighted by Crippen LogP contribution is -2.59. The van der Waals surface area contributed by atoms with Crippen LogP contribution in [-0.2, 0) is 51.3 Å². The van der Waals surface area contributed by atoms with Crippen LogP contribution in [0.1, 0.15) is 38.3 Å². The number of aryl methyl sites for hydroxylation is 1. The van der Waals surface area contributed by atoms with E-state index in [-0.39, 0.29) is 25.1 Å². The van der Waals surface area contributed by atoms with Crippen molar-refractivity contribution in [1.29, 1.82) is 0 Å². The van der Waals surface area contributed by atoms with Crippen LogP contribution >= 0.6 is 0 Å². The number of nitrogens with one attached hydrogen (secondary N) is 3. The summed E-state index contributed by atoms with van der Waals surface area (Å²) < 4.78 is 10.7. The summed E-state index contributed by atoms with van der Waals surface area (Å²) >= 11 is 0. The number of hydrogen-bond acceptors (Lipinski definition) is 12. The van der Waals surface area contributed by atoms with Gasteiger partial charge in [-0.25, -0.2) is 9.59 Å². The van der Waals surface area contributed by atoms with E-state index in [1.807, 2.05) is 0 Å². The maximum Gasteiger partial charge on any atom is 0.409 e. The summed E-state index contributed by atoms with van der Waals surface area (Å²) in [5.74, 6) is -5.35. The average molecular weight is 706 g/mol. The smallest absolute Gasteiger partial charge is 0.409 e. The highest BCUT2D eigenvalue weighted by molar-refractivity contribution is 6.14. The quantitative estimate of drug-likeness (QED) is 0.106. The summed E-state index contributed by atoms with van der Waals surface area (Å²) in [4.78, 5) is 87.9. The van der Waals surface area contributed by atoms with Crippen molar-refractivity contribution in [2.75, 3.05) is 26.0 Å². The normalized spacial score (nSPS) is 22.9. The van der Waals surface area contributed by atoms with Crippen LogP contribution in [0.2, 0.25) is 0 Å². The molecule has 18 nitrogen and oxygen atoms in total. The van der Waals surface area contributed by atoms with Crippen molar-refractivity contribution in [2.24, 2.45) is 5.92 Å². The van der Waals surface area contributed by atoms with Gasteiger partial charge in [-0.1, -0.05) is 19.9 Å². The van der Waals surface area contributed by atoms with Crippen LogP contribution in [0.4, 0.5) is 10.5 Å². The molecule has 0 bridgehead atoms. The number of amides is 6. The third kappa shape index (κ3) is 10.1. The second-order valence-electron chi connectivity index (χ2n) is 12.5. The summed E-state index contributed by atoms with van der Waals surface area (Å²) in [6.45, 7) is 3.96. The molecule has 2 aliphatic rings. The predicted molar refractivity (Wildman–Crippen MR) is 172 cm³/mol. The second kappa shape index (κ2) is 17.1. The van der Waals surface area contributed by atoms with E-state index in [0.717, 1.165) is 17.1 Å². The molecule has 7 N–H and O–H groups in total. The highest BCUT2D eigenvalue weighted by Crippen LogP contribution is 2.27. The summed E-state index contributed by atoms with van der Waals surface area (Å²) in [6, 6.07) is 2.43. The maximum absolute atomic E-state index is 13.1. The van der Waals surface area contributed by atoms with Crippen molar-refractivity contribution in [3.63, 3.8) is 0 Å². The van der Waals surface area contributed by atoms with Crippen LogP contribution in [0.15, 0.2) is 30.4 Å². The monoisotopic (exact) mass is 705 g/mol. The van der Waals surface area contributed by atoms with Gasteiger partial charge in [-0.15, -0.1) is 0 Å². The molecule has 1 saturated heterocycles. The molecule has 0 aliphatic carbocycles. The number of carboxylic acid groups (broad SMARTS) is 1. The first-order valence-electron chi connectivity index (χ1n) is 15.7. The molecule has 18 heteroatoms. The van der Waals surface area contributed by atoms with E-state index >= 15 is 0 Å². The van der Waals surface area contributed by atoms with Crippen LogP contribution in [0.5, 0.6) is 0 Å². The van der Waals surface area contributed by atoms with Crippen LogP contribution in [0.25, 0.3) is 0 Å². The van der Waals surface area contributed by atoms with Gasteiger partial charge in [0.1, 0.15) is 43.5 Å². The minimum absolute atomic E-state index is 0.0356. The van der Waals surface area contributed by atoms with E-state index in [1.54, 1.807) is 26.0 Å². The molecule has 2 heterocycles. The topological polar surface area (TPSA) is 261 Å². The number of benzene rings is 1. The highest BCUT2D eigenvalue weighted by Gasteiger charge is 2.46. The molecule has 2 aliphatic heterocycles. The Bertz CT molecular complexity index is 1490. The Morgan fingerprint density at radius 3 is 2.14 bits per heavy atom. The molecule has 0 aromatic heterocycles. The maximum atomic E-state index is 13.1. The van der Waals surface area contributed by atoms with Crippen LogP contribution < -0.4 is 16.0 Å². The molecular formula is C32H43N5O13. The number of imide groups is 1. The average Bonchev–Trinajstić information content (AvgIpc) is 3.36. The minimum Gasteiger partial charge on any atom is -0.479 e. The number of nitrogens with zero attached hydrogens (tertiary/aromatic N) is 2. The Balaban J connectivity index is 1.70. The number of carbonyl (C=O) groups is 7. The van der Waals surface area contributed by atoms with Crippen molar-refractivity contribution in [2.45, 2.75) is 82.8 Å². The summed E-state index contributed by atoms with van der Waals surface area (Å²) in [5.41, 5.74) is 1.27. The molecule has 6 amide bonds. The van der Waals surface area contributed by atoms with Crippen molar-refractivity contribution >= 4 is 47.3 Å². The Hall–Kier alpha value is -4.91. The van der Waals surface area contributed by atoms with Crippen molar-refractivity contribution in [1.82, 2.24) is 20.4 Å². The van der Waals surface area contributed by atoms with Crippen molar-refractivity contribution in [3.05, 3.63) is 41.5 Å². The van der Waals surface area contributed by atoms with E-state index in [9.17, 15) is 54.0 Å². The third-order valence-corrected chi connectivity index (χ3v) is 8.06. The number of ether oxygens (including phenoxy) is 2. The number of carboxylic acids is 1. The lowest BCUT2D eigenvalue weighted by atomic mass is 9.91. The fraction of sp³-hybridized carbons (Fsp3) is 0.531. The van der Waals surface area contributed by atoms with Crippen LogP contribution in [-0.4, -0.2) is 135 Å². The first-order chi connectivity index (χ1) is 23.4. The summed E-state index contributed by atoms with van der Waals surface area (Å²) in [6.07, 6.45) is -6.73. The van der Waals surface area contributed by atoms with Crippen LogP contribution in [0.3, 0.4) is 0 Å². The van der Waals surface area contributed by atoms with Gasteiger partial charge in [0, 0.05) is 31.9 Å². The molecule has 0 spiro atoms. The number of aliphatic hydroxyl groups is 3. The molecule has 7 atom stereocenters. The first-order valence-corrected chi connectivity index (χ1v) is 15.7. The predicted octanol–water partition coefficient (Wildman–Crippen LogP) is -1.74. The standard InChI is InChI=1S/C32H43N5O13/c1-15(2)24(35-21(38)13-37-22(39)10-11-23(37)40)30(45)33-16(3)29(44)34-19-8-6-18(14-49-32(48)36(4)5)17(12-19)7-9-20-25(41)26(42)27(43)28(50-20)31(46)47/h6,8,10-12,15-16,20,24-28,41-43H,7,9,13-14H2,1-5H3,(H,33,45)(H,34,44)(H,35,38)(H,46,47)/t16-,20-,24-,25-,26+,27-,28-/m0/s1. The molecular weight excluding hydrogens is 662 g/mol. The van der Waals surface area contributed by atoms with E-state index in [2.05, 4.69) is 16.0 Å². The first kappa shape index (κ1) is 39.5. The molecule has 50 heavy (non-hydrogen) atoms. The van der Waals surface area contributed by atoms with Crippen LogP contribution in [0, 0.1) is 5.92 Å².